The lowest BCUT2D eigenvalue weighted by atomic mass is 9.84. The van der Waals surface area contributed by atoms with Crippen LogP contribution in [0.1, 0.15) is 115 Å². The van der Waals surface area contributed by atoms with E-state index in [4.69, 9.17) is 16.4 Å². The minimum Gasteiger partial charge on any atom is -0.387 e. The van der Waals surface area contributed by atoms with Crippen LogP contribution < -0.4 is 21.3 Å². The van der Waals surface area contributed by atoms with E-state index < -0.39 is 58.6 Å². The third-order valence-corrected chi connectivity index (χ3v) is 11.9. The summed E-state index contributed by atoms with van der Waals surface area (Å²) in [5, 5.41) is 16.2. The number of carbonyl (C=O) groups is 6. The predicted molar refractivity (Wildman–Crippen MR) is 216 cm³/mol. The number of halogens is 1. The molecule has 5 amide bonds. The van der Waals surface area contributed by atoms with Crippen molar-refractivity contribution in [3.8, 4) is 0 Å². The fourth-order valence-corrected chi connectivity index (χ4v) is 8.79. The number of Topliss-reactive ketones (excluding diaryl/α,β-unsaturated/α-hetero) is 1. The second-order valence-electron chi connectivity index (χ2n) is 17.1. The Morgan fingerprint density at radius 2 is 1.79 bits per heavy atom. The fraction of sp³-hybridized carbons (Fsp3) is 0.558. The number of rotatable bonds is 14. The van der Waals surface area contributed by atoms with Crippen LogP contribution in [0.4, 0.5) is 5.69 Å². The van der Waals surface area contributed by atoms with Crippen LogP contribution in [0, 0.1) is 11.3 Å². The van der Waals surface area contributed by atoms with E-state index in [9.17, 15) is 28.8 Å². The van der Waals surface area contributed by atoms with Crippen molar-refractivity contribution in [2.75, 3.05) is 18.4 Å². The molecule has 0 bridgehead atoms. The van der Waals surface area contributed by atoms with Gasteiger partial charge >= 0.3 is 0 Å². The van der Waals surface area contributed by atoms with Gasteiger partial charge in [0.25, 0.3) is 5.91 Å². The molecule has 4 aliphatic rings. The lowest BCUT2D eigenvalue weighted by molar-refractivity contribution is -0.145. The summed E-state index contributed by atoms with van der Waals surface area (Å²) < 4.78 is 0. The number of para-hydroxylation sites is 1. The summed E-state index contributed by atoms with van der Waals surface area (Å²) in [4.78, 5) is 89.5. The molecule has 5 atom stereocenters. The third-order valence-electron chi connectivity index (χ3n) is 11.7. The van der Waals surface area contributed by atoms with Crippen molar-refractivity contribution in [2.24, 2.45) is 16.5 Å². The van der Waals surface area contributed by atoms with E-state index in [2.05, 4.69) is 26.4 Å². The van der Waals surface area contributed by atoms with Gasteiger partial charge in [-0.05, 0) is 60.8 Å². The molecule has 57 heavy (non-hydrogen) atoms. The van der Waals surface area contributed by atoms with Crippen LogP contribution in [0.2, 0.25) is 5.02 Å². The zero-order chi connectivity index (χ0) is 40.9. The van der Waals surface area contributed by atoms with Crippen molar-refractivity contribution in [2.45, 2.75) is 128 Å². The van der Waals surface area contributed by atoms with Crippen LogP contribution in [0.25, 0.3) is 0 Å². The largest absolute Gasteiger partial charge is 0.387 e. The summed E-state index contributed by atoms with van der Waals surface area (Å²) in [6.07, 6.45) is 6.94. The van der Waals surface area contributed by atoms with Crippen molar-refractivity contribution >= 4 is 58.3 Å². The van der Waals surface area contributed by atoms with Gasteiger partial charge in [-0.1, -0.05) is 100 Å². The predicted octanol–water partition coefficient (Wildman–Crippen LogP) is 5.40. The van der Waals surface area contributed by atoms with Crippen molar-refractivity contribution in [3.63, 3.8) is 0 Å². The highest BCUT2D eigenvalue weighted by atomic mass is 35.5. The van der Waals surface area contributed by atoms with E-state index in [0.29, 0.717) is 36.4 Å². The molecule has 1 unspecified atom stereocenters. The lowest BCUT2D eigenvalue weighted by Gasteiger charge is -2.36. The van der Waals surface area contributed by atoms with Gasteiger partial charge in [0.15, 0.2) is 5.60 Å². The van der Waals surface area contributed by atoms with Gasteiger partial charge in [-0.2, -0.15) is 0 Å². The van der Waals surface area contributed by atoms with Gasteiger partial charge in [0.2, 0.25) is 29.4 Å². The molecule has 2 aromatic carbocycles. The molecular formula is C43H55ClN6O7. The maximum atomic E-state index is 14.7. The molecular weight excluding hydrogens is 748 g/mol. The molecule has 4 N–H and O–H groups in total. The number of carbonyl (C=O) groups excluding carboxylic acids is 6. The van der Waals surface area contributed by atoms with Gasteiger partial charge in [0, 0.05) is 42.1 Å². The van der Waals surface area contributed by atoms with Gasteiger partial charge < -0.3 is 31.0 Å². The van der Waals surface area contributed by atoms with Crippen molar-refractivity contribution in [1.82, 2.24) is 20.9 Å². The van der Waals surface area contributed by atoms with Crippen molar-refractivity contribution in [3.05, 3.63) is 64.7 Å². The molecule has 0 aromatic heterocycles. The number of nitrogens with one attached hydrogen (secondary N) is 4. The summed E-state index contributed by atoms with van der Waals surface area (Å²) >= 11 is 6.28. The number of hydrogen-bond acceptors (Lipinski definition) is 8. The van der Waals surface area contributed by atoms with Crippen molar-refractivity contribution in [1.29, 1.82) is 0 Å². The number of hydrogen-bond donors (Lipinski definition) is 4. The van der Waals surface area contributed by atoms with E-state index in [0.717, 1.165) is 48.9 Å². The molecule has 1 saturated heterocycles. The topological polar surface area (TPSA) is 175 Å². The maximum absolute atomic E-state index is 14.7. The molecule has 306 valence electrons. The van der Waals surface area contributed by atoms with Crippen molar-refractivity contribution < 1.29 is 33.6 Å². The molecule has 2 aromatic rings. The Labute approximate surface area is 339 Å². The van der Waals surface area contributed by atoms with Crippen LogP contribution in [0.5, 0.6) is 0 Å². The van der Waals surface area contributed by atoms with E-state index in [1.54, 1.807) is 18.2 Å². The Morgan fingerprint density at radius 3 is 2.51 bits per heavy atom. The minimum absolute atomic E-state index is 0.00725. The average molecular weight is 803 g/mol. The number of nitrogens with zero attached hydrogens (tertiary/aromatic N) is 2. The zero-order valence-electron chi connectivity index (χ0n) is 33.3. The second kappa shape index (κ2) is 17.8. The van der Waals surface area contributed by atoms with E-state index in [1.165, 1.54) is 4.90 Å². The zero-order valence-corrected chi connectivity index (χ0v) is 34.1. The molecule has 1 aliphatic carbocycles. The highest BCUT2D eigenvalue weighted by Gasteiger charge is 2.55. The smallest absolute Gasteiger partial charge is 0.289 e. The third kappa shape index (κ3) is 9.85. The summed E-state index contributed by atoms with van der Waals surface area (Å²) in [5.41, 5.74) is 1.17. The van der Waals surface area contributed by atoms with E-state index >= 15 is 0 Å². The summed E-state index contributed by atoms with van der Waals surface area (Å²) in [6, 6.07) is 11.3. The quantitative estimate of drug-likeness (QED) is 0.185. The van der Waals surface area contributed by atoms with Crippen LogP contribution in [-0.2, 0) is 33.6 Å². The van der Waals surface area contributed by atoms with Crippen LogP contribution in [-0.4, -0.2) is 82.7 Å². The first-order valence-electron chi connectivity index (χ1n) is 20.3. The summed E-state index contributed by atoms with van der Waals surface area (Å²) in [6.45, 7) is 7.53. The van der Waals surface area contributed by atoms with Gasteiger partial charge in [-0.25, -0.2) is 0 Å². The lowest BCUT2D eigenvalue weighted by Crippen LogP contribution is -2.59. The number of anilines is 1. The average Bonchev–Trinajstić information content (AvgIpc) is 3.87. The molecule has 14 heteroatoms. The maximum Gasteiger partial charge on any atom is 0.289 e. The van der Waals surface area contributed by atoms with Crippen LogP contribution in [0.15, 0.2) is 53.7 Å². The second-order valence-corrected chi connectivity index (χ2v) is 17.6. The Balaban J connectivity index is 1.18. The fourth-order valence-electron chi connectivity index (χ4n) is 8.60. The number of benzene rings is 2. The number of amides is 5. The number of likely N-dealkylation sites (tertiary alicyclic amines) is 1. The molecule has 3 aliphatic heterocycles. The van der Waals surface area contributed by atoms with Crippen LogP contribution >= 0.6 is 11.6 Å². The SMILES string of the molecule is CCC[C@H](NC(=O)[C@@H]1C[C@]2(CC(c3cccc(Cl)c3)=NO2)CN1C(=O)[C@@H](NC(=O)CC1CCCCC1)C(C)(C)C)C(=O)C(=O)NCCC1C(=O)Nc2ccccc21. The van der Waals surface area contributed by atoms with Crippen LogP contribution in [0.3, 0.4) is 0 Å². The highest BCUT2D eigenvalue weighted by Crippen LogP contribution is 2.40. The monoisotopic (exact) mass is 802 g/mol. The molecule has 3 heterocycles. The number of oxime groups is 1. The van der Waals surface area contributed by atoms with Gasteiger partial charge in [0.1, 0.15) is 12.1 Å². The minimum atomic E-state index is -1.16. The van der Waals surface area contributed by atoms with E-state index in [-0.39, 0.29) is 43.7 Å². The first kappa shape index (κ1) is 41.8. The summed E-state index contributed by atoms with van der Waals surface area (Å²) in [7, 11) is 0. The Morgan fingerprint density at radius 1 is 1.04 bits per heavy atom. The normalized spacial score (nSPS) is 22.9. The summed E-state index contributed by atoms with van der Waals surface area (Å²) in [5.74, 6) is -3.31. The first-order chi connectivity index (χ1) is 27.2. The first-order valence-corrected chi connectivity index (χ1v) is 20.7. The van der Waals surface area contributed by atoms with Gasteiger partial charge in [0.05, 0.1) is 24.2 Å². The van der Waals surface area contributed by atoms with Gasteiger partial charge in [-0.3, -0.25) is 28.8 Å². The Hall–Kier alpha value is -4.78. The number of ketones is 1. The molecule has 1 saturated carbocycles. The molecule has 6 rings (SSSR count). The Bertz CT molecular complexity index is 1910. The Kier molecular flexibility index (Phi) is 13.1. The highest BCUT2D eigenvalue weighted by molar-refractivity contribution is 6.38. The standard InChI is InChI=1S/C43H55ClN6O7/c1-5-12-32(36(52)40(55)45-20-19-30-29-17-9-10-18-31(29)46-38(30)53)47-39(54)34-24-43(23-33(49-57-43)27-15-11-16-28(44)22-27)25-50(34)41(56)37(42(2,3)4)48-35(51)21-26-13-7-6-8-14-26/h9-11,15-18,22,26,30,32,34,37H,5-8,12-14,19-21,23-25H2,1-4H3,(H,45,55)(H,46,53)(H,47,54)(H,48,51)/t30?,32-,34-,37+,43+/m0/s1. The molecule has 13 nitrogen and oxygen atoms in total. The number of fused-ring (bicyclic) bond motifs is 1. The molecule has 2 fully saturated rings. The molecule has 0 radical (unpaired) electrons. The van der Waals surface area contributed by atoms with Gasteiger partial charge in [-0.15, -0.1) is 0 Å². The molecule has 1 spiro atoms. The van der Waals surface area contributed by atoms with E-state index in [1.807, 2.05) is 58.0 Å².